The van der Waals surface area contributed by atoms with Crippen molar-refractivity contribution in [2.45, 2.75) is 76.4 Å². The number of hydrogen-bond donors (Lipinski definition) is 0. The summed E-state index contributed by atoms with van der Waals surface area (Å²) in [5, 5.41) is 4.35. The SMILES string of the molecule is CC1=C2c3occc3C1[Si]2(C)C.Cc1cc2c(-c3ccc(C45CC6CC(CC(C6)C4)C5)cc3)cccc2[cH-]1.[Cl-].[Cl-].[Zr+3]. The molecule has 4 saturated carbocycles. The van der Waals surface area contributed by atoms with Gasteiger partial charge in [0.15, 0.2) is 0 Å². The van der Waals surface area contributed by atoms with Crippen LogP contribution in [0.3, 0.4) is 0 Å². The average molecular weight is 678 g/mol. The monoisotopic (exact) mass is 675 g/mol. The number of hydrogen-bond acceptors (Lipinski definition) is 1. The minimum atomic E-state index is -1.08. The molecular formula is C36H39Cl2OSiZr. The Bertz CT molecular complexity index is 1570. The van der Waals surface area contributed by atoms with Crippen LogP contribution in [0.2, 0.25) is 13.1 Å². The van der Waals surface area contributed by atoms with Crippen LogP contribution >= 0.6 is 0 Å². The number of benzene rings is 2. The Labute approximate surface area is 277 Å². The molecule has 1 aromatic heterocycles. The molecule has 7 aliphatic rings. The van der Waals surface area contributed by atoms with Gasteiger partial charge < -0.3 is 29.2 Å². The summed E-state index contributed by atoms with van der Waals surface area (Å²) in [4.78, 5) is 0. The van der Waals surface area contributed by atoms with Gasteiger partial charge in [-0.05, 0) is 91.0 Å². The second kappa shape index (κ2) is 11.0. The van der Waals surface area contributed by atoms with Crippen LogP contribution in [0.4, 0.5) is 0 Å². The van der Waals surface area contributed by atoms with E-state index in [0.29, 0.717) is 5.41 Å². The van der Waals surface area contributed by atoms with E-state index in [0.717, 1.165) is 23.3 Å². The predicted octanol–water partition coefficient (Wildman–Crippen LogP) is 3.96. The first kappa shape index (κ1) is 31.2. The third-order valence-corrected chi connectivity index (χ3v) is 15.3. The minimum Gasteiger partial charge on any atom is -1.00 e. The average Bonchev–Trinajstić information content (AvgIpc) is 3.60. The molecule has 3 heterocycles. The van der Waals surface area contributed by atoms with E-state index in [9.17, 15) is 0 Å². The van der Waals surface area contributed by atoms with Gasteiger partial charge in [0, 0.05) is 11.1 Å². The molecule has 41 heavy (non-hydrogen) atoms. The van der Waals surface area contributed by atoms with Gasteiger partial charge in [0.25, 0.3) is 0 Å². The minimum absolute atomic E-state index is 0. The molecule has 0 N–H and O–H groups in total. The van der Waals surface area contributed by atoms with Crippen molar-refractivity contribution >= 4 is 24.0 Å². The second-order valence-electron chi connectivity index (χ2n) is 14.0. The molecule has 5 aliphatic carbocycles. The van der Waals surface area contributed by atoms with Gasteiger partial charge in [-0.3, -0.25) is 0 Å². The first-order valence-electron chi connectivity index (χ1n) is 14.9. The maximum absolute atomic E-state index is 5.51. The molecular weight excluding hydrogens is 639 g/mol. The summed E-state index contributed by atoms with van der Waals surface area (Å²) < 4.78 is 5.51. The maximum Gasteiger partial charge on any atom is 3.00 e. The largest absolute Gasteiger partial charge is 3.00 e. The number of aryl methyl sites for hydroxylation is 1. The Balaban J connectivity index is 0.000000191. The van der Waals surface area contributed by atoms with Gasteiger partial charge in [0.1, 0.15) is 5.76 Å². The third kappa shape index (κ3) is 4.68. The van der Waals surface area contributed by atoms with Gasteiger partial charge in [0.2, 0.25) is 0 Å². The van der Waals surface area contributed by atoms with E-state index in [4.69, 9.17) is 4.42 Å². The van der Waals surface area contributed by atoms with E-state index in [1.807, 2.05) is 6.26 Å². The molecule has 1 nitrogen and oxygen atoms in total. The van der Waals surface area contributed by atoms with Gasteiger partial charge in [0.05, 0.1) is 14.3 Å². The van der Waals surface area contributed by atoms with Crippen LogP contribution in [-0.2, 0) is 31.6 Å². The van der Waals surface area contributed by atoms with Crippen LogP contribution in [0.25, 0.3) is 27.1 Å². The van der Waals surface area contributed by atoms with Crippen LogP contribution in [-0.4, -0.2) is 8.07 Å². The number of halogens is 2. The summed E-state index contributed by atoms with van der Waals surface area (Å²) in [5.74, 6) is 4.26. The summed E-state index contributed by atoms with van der Waals surface area (Å²) >= 11 is 0. The van der Waals surface area contributed by atoms with Gasteiger partial charge in [-0.1, -0.05) is 61.5 Å². The third-order valence-electron chi connectivity index (χ3n) is 11.2. The Morgan fingerprint density at radius 3 is 2.07 bits per heavy atom. The fourth-order valence-corrected chi connectivity index (χ4v) is 14.4. The first-order chi connectivity index (χ1) is 18.3. The second-order valence-corrected chi connectivity index (χ2v) is 18.6. The molecule has 6 bridgehead atoms. The van der Waals surface area contributed by atoms with Crippen molar-refractivity contribution in [3.05, 3.63) is 95.0 Å². The zero-order valence-corrected chi connectivity index (χ0v) is 29.5. The van der Waals surface area contributed by atoms with Gasteiger partial charge in [-0.25, -0.2) is 0 Å². The molecule has 11 rings (SSSR count). The zero-order valence-electron chi connectivity index (χ0n) is 24.6. The van der Waals surface area contributed by atoms with Crippen molar-refractivity contribution in [2.75, 3.05) is 0 Å². The Hall–Kier alpha value is -1.25. The number of rotatable bonds is 2. The molecule has 4 aromatic rings. The fourth-order valence-electron chi connectivity index (χ4n) is 10.2. The predicted molar refractivity (Wildman–Crippen MR) is 161 cm³/mol. The van der Waals surface area contributed by atoms with Crippen LogP contribution < -0.4 is 24.8 Å². The van der Waals surface area contributed by atoms with Crippen molar-refractivity contribution < 1.29 is 55.4 Å². The van der Waals surface area contributed by atoms with E-state index in [1.54, 1.807) is 16.3 Å². The van der Waals surface area contributed by atoms with Gasteiger partial charge in [-0.15, -0.1) is 34.5 Å². The zero-order chi connectivity index (χ0) is 25.8. The topological polar surface area (TPSA) is 13.1 Å². The van der Waals surface area contributed by atoms with Gasteiger partial charge in [-0.2, -0.15) is 6.07 Å². The molecule has 5 heteroatoms. The van der Waals surface area contributed by atoms with Crippen molar-refractivity contribution in [2.24, 2.45) is 17.8 Å². The molecule has 1 unspecified atom stereocenters. The fraction of sp³-hybridized carbons (Fsp3) is 0.417. The molecule has 2 aliphatic heterocycles. The van der Waals surface area contributed by atoms with Crippen LogP contribution in [0, 0.1) is 24.7 Å². The molecule has 211 valence electrons. The Morgan fingerprint density at radius 2 is 1.49 bits per heavy atom. The summed E-state index contributed by atoms with van der Waals surface area (Å²) in [6.45, 7) is 9.33. The summed E-state index contributed by atoms with van der Waals surface area (Å²) in [6, 6.07) is 23.2. The maximum atomic E-state index is 5.51. The van der Waals surface area contributed by atoms with Crippen molar-refractivity contribution in [1.29, 1.82) is 0 Å². The van der Waals surface area contributed by atoms with Crippen LogP contribution in [0.15, 0.2) is 76.9 Å². The Kier molecular flexibility index (Phi) is 8.39. The standard InChI is InChI=1S/C26H27.C10H12OSi.2ClH.Zr/c1-17-9-22-3-2-4-24(25(22)10-17)21-5-7-23(8-6-21)26-14-18-11-19(15-26)13-20(12-18)16-26;1-6-9-7-4-5-11-8(7)10(6)12(9,2)3;;;/h2-10,18-20H,11-16H2,1H3;4-5,9H,1-3H3;2*1H;/q-1;;;;+3/p-2. The van der Waals surface area contributed by atoms with E-state index < -0.39 is 8.07 Å². The molecule has 0 spiro atoms. The molecule has 4 fully saturated rings. The smallest absolute Gasteiger partial charge is 1.00 e. The first-order valence-corrected chi connectivity index (χ1v) is 18.0. The van der Waals surface area contributed by atoms with E-state index in [1.165, 1.54) is 77.3 Å². The summed E-state index contributed by atoms with van der Waals surface area (Å²) in [7, 11) is -1.08. The number of furan rings is 1. The number of allylic oxidation sites excluding steroid dienone is 1. The molecule has 1 radical (unpaired) electrons. The Morgan fingerprint density at radius 1 is 0.854 bits per heavy atom. The quantitative estimate of drug-likeness (QED) is 0.232. The number of fused-ring (bicyclic) bond motifs is 1. The van der Waals surface area contributed by atoms with Crippen molar-refractivity contribution in [1.82, 2.24) is 0 Å². The summed E-state index contributed by atoms with van der Waals surface area (Å²) in [6.07, 6.45) is 10.8. The normalized spacial score (nSPS) is 29.0. The van der Waals surface area contributed by atoms with Crippen LogP contribution in [0.1, 0.15) is 73.4 Å². The molecule has 1 atom stereocenters. The van der Waals surface area contributed by atoms with E-state index in [-0.39, 0.29) is 51.0 Å². The van der Waals surface area contributed by atoms with Crippen molar-refractivity contribution in [3.63, 3.8) is 0 Å². The molecule has 0 saturated heterocycles. The summed E-state index contributed by atoms with van der Waals surface area (Å²) in [5.41, 5.74) is 10.1. The van der Waals surface area contributed by atoms with Crippen LogP contribution in [0.5, 0.6) is 0 Å². The molecule has 0 amide bonds. The van der Waals surface area contributed by atoms with Crippen molar-refractivity contribution in [3.8, 4) is 11.1 Å². The van der Waals surface area contributed by atoms with E-state index >= 15 is 0 Å². The van der Waals surface area contributed by atoms with E-state index in [2.05, 4.69) is 87.6 Å². The molecule has 3 aromatic carbocycles. The van der Waals surface area contributed by atoms with Gasteiger partial charge >= 0.3 is 26.2 Å².